The van der Waals surface area contributed by atoms with Crippen LogP contribution >= 0.6 is 0 Å². The maximum absolute atomic E-state index is 12.5. The number of ether oxygens (including phenoxy) is 2. The third-order valence-electron chi connectivity index (χ3n) is 6.28. The molecule has 1 saturated heterocycles. The van der Waals surface area contributed by atoms with E-state index in [2.05, 4.69) is 10.9 Å². The summed E-state index contributed by atoms with van der Waals surface area (Å²) in [6.45, 7) is 0.170. The van der Waals surface area contributed by atoms with Gasteiger partial charge in [0.15, 0.2) is 6.61 Å². The van der Waals surface area contributed by atoms with Crippen molar-refractivity contribution >= 4 is 23.6 Å². The first-order chi connectivity index (χ1) is 17.0. The van der Waals surface area contributed by atoms with Gasteiger partial charge in [-0.2, -0.15) is 0 Å². The molecule has 9 nitrogen and oxygen atoms in total. The maximum atomic E-state index is 12.5. The molecule has 0 radical (unpaired) electrons. The summed E-state index contributed by atoms with van der Waals surface area (Å²) in [6, 6.07) is 16.7. The molecule has 2 aliphatic rings. The molecule has 2 aromatic rings. The van der Waals surface area contributed by atoms with Crippen LogP contribution in [0.4, 0.5) is 0 Å². The summed E-state index contributed by atoms with van der Waals surface area (Å²) >= 11 is 0. The third kappa shape index (κ3) is 6.38. The van der Waals surface area contributed by atoms with Crippen LogP contribution < -0.4 is 20.3 Å². The molecule has 0 bridgehead atoms. The smallest absolute Gasteiger partial charge is 0.276 e. The molecule has 1 saturated carbocycles. The van der Waals surface area contributed by atoms with Gasteiger partial charge in [-0.3, -0.25) is 34.9 Å². The van der Waals surface area contributed by atoms with E-state index in [0.29, 0.717) is 18.1 Å². The predicted octanol–water partition coefficient (Wildman–Crippen LogP) is 2.36. The van der Waals surface area contributed by atoms with Crippen molar-refractivity contribution in [2.24, 2.45) is 11.8 Å². The topological polar surface area (TPSA) is 114 Å². The van der Waals surface area contributed by atoms with Crippen LogP contribution in [-0.2, 0) is 25.8 Å². The Hall–Kier alpha value is -3.88. The van der Waals surface area contributed by atoms with E-state index in [0.717, 1.165) is 31.2 Å². The fraction of sp³-hybridized carbons (Fsp3) is 0.385. The molecule has 184 valence electrons. The molecule has 1 heterocycles. The Labute approximate surface area is 203 Å². The number of hydrazine groups is 1. The minimum absolute atomic E-state index is 0.0154. The minimum atomic E-state index is -0.540. The lowest BCUT2D eigenvalue weighted by atomic mass is 9.81. The summed E-state index contributed by atoms with van der Waals surface area (Å²) in [6.07, 6.45) is 3.29. The van der Waals surface area contributed by atoms with Crippen LogP contribution in [0.1, 0.15) is 37.7 Å². The summed E-state index contributed by atoms with van der Waals surface area (Å²) in [7, 11) is 0. The van der Waals surface area contributed by atoms with Gasteiger partial charge in [0, 0.05) is 13.0 Å². The zero-order chi connectivity index (χ0) is 24.6. The van der Waals surface area contributed by atoms with E-state index < -0.39 is 11.8 Å². The summed E-state index contributed by atoms with van der Waals surface area (Å²) in [5.74, 6) is -0.710. The van der Waals surface area contributed by atoms with Gasteiger partial charge in [0.05, 0.1) is 11.8 Å². The zero-order valence-corrected chi connectivity index (χ0v) is 19.4. The number of fused-ring (bicyclic) bond motifs is 1. The van der Waals surface area contributed by atoms with Gasteiger partial charge in [0.25, 0.3) is 5.91 Å². The second kappa shape index (κ2) is 11.5. The molecule has 4 amide bonds. The molecular weight excluding hydrogens is 450 g/mol. The molecule has 1 aliphatic heterocycles. The summed E-state index contributed by atoms with van der Waals surface area (Å²) in [4.78, 5) is 50.2. The number of nitrogens with zero attached hydrogens (tertiary/aromatic N) is 1. The van der Waals surface area contributed by atoms with Crippen LogP contribution in [0, 0.1) is 11.8 Å². The quantitative estimate of drug-likeness (QED) is 0.422. The van der Waals surface area contributed by atoms with Gasteiger partial charge >= 0.3 is 0 Å². The highest BCUT2D eigenvalue weighted by Crippen LogP contribution is 2.37. The summed E-state index contributed by atoms with van der Waals surface area (Å²) in [5, 5.41) is 0. The Morgan fingerprint density at radius 1 is 0.800 bits per heavy atom. The number of carbonyl (C=O) groups is 4. The van der Waals surface area contributed by atoms with Gasteiger partial charge in [0.1, 0.15) is 18.1 Å². The van der Waals surface area contributed by atoms with E-state index in [1.807, 2.05) is 30.3 Å². The molecule has 2 N–H and O–H groups in total. The highest BCUT2D eigenvalue weighted by Gasteiger charge is 2.47. The Morgan fingerprint density at radius 3 is 2.00 bits per heavy atom. The fourth-order valence-electron chi connectivity index (χ4n) is 4.42. The van der Waals surface area contributed by atoms with Gasteiger partial charge in [-0.05, 0) is 42.7 Å². The Bertz CT molecular complexity index is 1030. The number of benzene rings is 2. The fourth-order valence-corrected chi connectivity index (χ4v) is 4.42. The number of likely N-dealkylation sites (tertiary alicyclic amines) is 1. The van der Waals surface area contributed by atoms with Crippen molar-refractivity contribution in [1.29, 1.82) is 0 Å². The lowest BCUT2D eigenvalue weighted by Crippen LogP contribution is -2.45. The first-order valence-electron chi connectivity index (χ1n) is 11.8. The van der Waals surface area contributed by atoms with Gasteiger partial charge < -0.3 is 9.47 Å². The molecule has 4 rings (SSSR count). The Morgan fingerprint density at radius 2 is 1.37 bits per heavy atom. The molecule has 0 spiro atoms. The zero-order valence-electron chi connectivity index (χ0n) is 19.4. The average Bonchev–Trinajstić information content (AvgIpc) is 3.14. The predicted molar refractivity (Wildman–Crippen MR) is 126 cm³/mol. The van der Waals surface area contributed by atoms with Crippen molar-refractivity contribution in [3.63, 3.8) is 0 Å². The normalized spacial score (nSPS) is 19.1. The molecule has 2 atom stereocenters. The molecule has 35 heavy (non-hydrogen) atoms. The summed E-state index contributed by atoms with van der Waals surface area (Å²) < 4.78 is 11.1. The van der Waals surface area contributed by atoms with E-state index in [1.54, 1.807) is 24.3 Å². The largest absolute Gasteiger partial charge is 0.489 e. The average molecular weight is 480 g/mol. The lowest BCUT2D eigenvalue weighted by Gasteiger charge is -2.19. The SMILES string of the molecule is O=C(CCN1C(=O)C2CCCCC2C1=O)NNC(=O)COc1ccc(OCc2ccccc2)cc1. The third-order valence-corrected chi connectivity index (χ3v) is 6.28. The van der Waals surface area contributed by atoms with Crippen molar-refractivity contribution in [1.82, 2.24) is 15.8 Å². The summed E-state index contributed by atoms with van der Waals surface area (Å²) in [5.41, 5.74) is 5.62. The van der Waals surface area contributed by atoms with Crippen molar-refractivity contribution in [3.05, 3.63) is 60.2 Å². The van der Waals surface area contributed by atoms with Crippen molar-refractivity contribution in [3.8, 4) is 11.5 Å². The molecule has 2 unspecified atom stereocenters. The van der Waals surface area contributed by atoms with Gasteiger partial charge in [-0.15, -0.1) is 0 Å². The first-order valence-corrected chi connectivity index (χ1v) is 11.8. The minimum Gasteiger partial charge on any atom is -0.489 e. The second-order valence-electron chi connectivity index (χ2n) is 8.71. The number of carbonyl (C=O) groups excluding carboxylic acids is 4. The van der Waals surface area contributed by atoms with E-state index in [-0.39, 0.29) is 43.2 Å². The maximum Gasteiger partial charge on any atom is 0.276 e. The van der Waals surface area contributed by atoms with Crippen molar-refractivity contribution in [2.45, 2.75) is 38.7 Å². The standard InChI is InChI=1S/C26H29N3O6/c30-23(14-15-29-25(32)21-8-4-5-9-22(21)26(29)33)27-28-24(31)17-35-20-12-10-19(11-13-20)34-16-18-6-2-1-3-7-18/h1-3,6-7,10-13,21-22H,4-5,8-9,14-17H2,(H,27,30)(H,28,31). The highest BCUT2D eigenvalue weighted by molar-refractivity contribution is 6.05. The lowest BCUT2D eigenvalue weighted by molar-refractivity contribution is -0.140. The van der Waals surface area contributed by atoms with Crippen molar-refractivity contribution < 1.29 is 28.7 Å². The van der Waals surface area contributed by atoms with Crippen LogP contribution in [0.25, 0.3) is 0 Å². The monoisotopic (exact) mass is 479 g/mol. The van der Waals surface area contributed by atoms with E-state index in [1.165, 1.54) is 4.90 Å². The van der Waals surface area contributed by atoms with Crippen LogP contribution in [0.3, 0.4) is 0 Å². The molecular formula is C26H29N3O6. The van der Waals surface area contributed by atoms with Crippen LogP contribution in [-0.4, -0.2) is 41.7 Å². The van der Waals surface area contributed by atoms with Gasteiger partial charge in [-0.1, -0.05) is 43.2 Å². The molecule has 2 aromatic carbocycles. The van der Waals surface area contributed by atoms with E-state index in [4.69, 9.17) is 9.47 Å². The molecule has 1 aliphatic carbocycles. The Kier molecular flexibility index (Phi) is 7.97. The number of hydrogen-bond donors (Lipinski definition) is 2. The van der Waals surface area contributed by atoms with Gasteiger partial charge in [0.2, 0.25) is 17.7 Å². The van der Waals surface area contributed by atoms with E-state index in [9.17, 15) is 19.2 Å². The number of rotatable bonds is 9. The number of hydrogen-bond acceptors (Lipinski definition) is 6. The molecule has 9 heteroatoms. The van der Waals surface area contributed by atoms with Crippen LogP contribution in [0.2, 0.25) is 0 Å². The molecule has 0 aromatic heterocycles. The van der Waals surface area contributed by atoms with E-state index >= 15 is 0 Å². The van der Waals surface area contributed by atoms with Crippen LogP contribution in [0.15, 0.2) is 54.6 Å². The van der Waals surface area contributed by atoms with Crippen LogP contribution in [0.5, 0.6) is 11.5 Å². The van der Waals surface area contributed by atoms with Gasteiger partial charge in [-0.25, -0.2) is 0 Å². The number of nitrogens with one attached hydrogen (secondary N) is 2. The second-order valence-corrected chi connectivity index (χ2v) is 8.71. The molecule has 2 fully saturated rings. The van der Waals surface area contributed by atoms with Crippen molar-refractivity contribution in [2.75, 3.05) is 13.2 Å². The Balaban J connectivity index is 1.13. The number of imide groups is 1. The number of amides is 4. The highest BCUT2D eigenvalue weighted by atomic mass is 16.5. The first kappa shape index (κ1) is 24.3.